The largest absolute Gasteiger partial charge is 0.461 e. The summed E-state index contributed by atoms with van der Waals surface area (Å²) in [6, 6.07) is 0. The first-order valence-electron chi connectivity index (χ1n) is 2.56. The maximum Gasteiger partial charge on any atom is 0.311 e. The minimum absolute atomic E-state index is 0.0494. The lowest BCUT2D eigenvalue weighted by Crippen LogP contribution is -2.03. The van der Waals surface area contributed by atoms with Crippen LogP contribution in [0.4, 0.5) is 0 Å². The Morgan fingerprint density at radius 3 is 2.89 bits per heavy atom. The van der Waals surface area contributed by atoms with E-state index in [2.05, 4.69) is 11.3 Å². The van der Waals surface area contributed by atoms with Crippen molar-refractivity contribution in [3.63, 3.8) is 0 Å². The molecule has 0 heterocycles. The van der Waals surface area contributed by atoms with Gasteiger partial charge in [-0.3, -0.25) is 4.79 Å². The first-order chi connectivity index (χ1) is 4.31. The lowest BCUT2D eigenvalue weighted by molar-refractivity contribution is -0.140. The Bertz CT molecular complexity index is 120. The Kier molecular flexibility index (Phi) is 4.40. The van der Waals surface area contributed by atoms with Crippen LogP contribution in [0.3, 0.4) is 0 Å². The van der Waals surface area contributed by atoms with Gasteiger partial charge in [0.15, 0.2) is 0 Å². The molecule has 0 atom stereocenters. The second-order valence-corrected chi connectivity index (χ2v) is 1.38. The number of esters is 1. The van der Waals surface area contributed by atoms with Crippen LogP contribution in [0.1, 0.15) is 6.42 Å². The molecule has 0 aliphatic heterocycles. The second-order valence-electron chi connectivity index (χ2n) is 1.38. The van der Waals surface area contributed by atoms with Gasteiger partial charge >= 0.3 is 5.97 Å². The summed E-state index contributed by atoms with van der Waals surface area (Å²) in [4.78, 5) is 10.4. The molecule has 0 radical (unpaired) electrons. The van der Waals surface area contributed by atoms with Gasteiger partial charge in [0, 0.05) is 6.21 Å². The van der Waals surface area contributed by atoms with Gasteiger partial charge in [0.2, 0.25) is 0 Å². The highest BCUT2D eigenvalue weighted by molar-refractivity contribution is 5.84. The number of rotatable bonds is 4. The third-order valence-corrected chi connectivity index (χ3v) is 0.631. The Labute approximate surface area is 53.8 Å². The number of hydrogen-bond acceptors (Lipinski definition) is 3. The fraction of sp³-hybridized carbons (Fsp3) is 0.333. The van der Waals surface area contributed by atoms with Gasteiger partial charge in [-0.25, -0.2) is 0 Å². The highest BCUT2D eigenvalue weighted by atomic mass is 16.5. The minimum Gasteiger partial charge on any atom is -0.461 e. The number of nitrogens with one attached hydrogen (secondary N) is 1. The molecule has 9 heavy (non-hydrogen) atoms. The summed E-state index contributed by atoms with van der Waals surface area (Å²) in [7, 11) is 0. The lowest BCUT2D eigenvalue weighted by Gasteiger charge is -1.95. The van der Waals surface area contributed by atoms with Crippen LogP contribution in [0.2, 0.25) is 0 Å². The van der Waals surface area contributed by atoms with E-state index < -0.39 is 0 Å². The van der Waals surface area contributed by atoms with Gasteiger partial charge < -0.3 is 10.1 Å². The molecule has 0 fully saturated rings. The third kappa shape index (κ3) is 4.74. The average molecular weight is 127 g/mol. The van der Waals surface area contributed by atoms with Crippen LogP contribution in [0.15, 0.2) is 12.7 Å². The zero-order chi connectivity index (χ0) is 7.11. The summed E-state index contributed by atoms with van der Waals surface area (Å²) in [5.74, 6) is -0.384. The summed E-state index contributed by atoms with van der Waals surface area (Å²) in [6.45, 7) is 3.59. The van der Waals surface area contributed by atoms with Crippen molar-refractivity contribution in [2.45, 2.75) is 6.42 Å². The second kappa shape index (κ2) is 5.03. The molecule has 0 spiro atoms. The van der Waals surface area contributed by atoms with Crippen LogP contribution in [0.5, 0.6) is 0 Å². The standard InChI is InChI=1S/C6H9NO2/c1-2-5-9-6(8)3-4-7/h2,4,7H,1,3,5H2. The summed E-state index contributed by atoms with van der Waals surface area (Å²) >= 11 is 0. The molecule has 0 aromatic heterocycles. The Morgan fingerprint density at radius 2 is 2.44 bits per heavy atom. The van der Waals surface area contributed by atoms with Crippen molar-refractivity contribution >= 4 is 12.2 Å². The highest BCUT2D eigenvalue weighted by Crippen LogP contribution is 1.81. The van der Waals surface area contributed by atoms with Crippen LogP contribution in [0.25, 0.3) is 0 Å². The fourth-order valence-electron chi connectivity index (χ4n) is 0.294. The summed E-state index contributed by atoms with van der Waals surface area (Å²) in [6.07, 6.45) is 2.54. The van der Waals surface area contributed by atoms with Gasteiger partial charge in [-0.15, -0.1) is 0 Å². The molecule has 0 aliphatic carbocycles. The smallest absolute Gasteiger partial charge is 0.311 e. The van der Waals surface area contributed by atoms with Crippen molar-refractivity contribution in [2.75, 3.05) is 6.61 Å². The fourth-order valence-corrected chi connectivity index (χ4v) is 0.294. The maximum absolute atomic E-state index is 10.4. The van der Waals surface area contributed by atoms with Gasteiger partial charge in [0.25, 0.3) is 0 Å². The molecule has 50 valence electrons. The highest BCUT2D eigenvalue weighted by Gasteiger charge is 1.95. The number of carbonyl (C=O) groups excluding carboxylic acids is 1. The molecule has 3 heteroatoms. The summed E-state index contributed by atoms with van der Waals surface area (Å²) in [5.41, 5.74) is 0. The molecule has 0 unspecified atom stereocenters. The van der Waals surface area contributed by atoms with Crippen molar-refractivity contribution in [1.82, 2.24) is 0 Å². The predicted octanol–water partition coefficient (Wildman–Crippen LogP) is 0.755. The molecule has 1 N–H and O–H groups in total. The minimum atomic E-state index is -0.384. The van der Waals surface area contributed by atoms with Crippen LogP contribution < -0.4 is 0 Å². The molecule has 0 aliphatic rings. The van der Waals surface area contributed by atoms with Gasteiger partial charge in [-0.1, -0.05) is 12.7 Å². The molecule has 0 amide bonds. The summed E-state index contributed by atoms with van der Waals surface area (Å²) < 4.78 is 4.52. The topological polar surface area (TPSA) is 50.2 Å². The molecule has 0 saturated carbocycles. The van der Waals surface area contributed by atoms with E-state index in [0.29, 0.717) is 0 Å². The molecule has 0 saturated heterocycles. The summed E-state index contributed by atoms with van der Waals surface area (Å²) in [5, 5.41) is 6.52. The Balaban J connectivity index is 3.26. The van der Waals surface area contributed by atoms with E-state index in [1.165, 1.54) is 6.08 Å². The predicted molar refractivity (Wildman–Crippen MR) is 34.6 cm³/mol. The van der Waals surface area contributed by atoms with E-state index in [9.17, 15) is 4.79 Å². The van der Waals surface area contributed by atoms with E-state index in [0.717, 1.165) is 6.21 Å². The van der Waals surface area contributed by atoms with E-state index in [1.54, 1.807) is 0 Å². The van der Waals surface area contributed by atoms with Gasteiger partial charge in [0.1, 0.15) is 6.61 Å². The van der Waals surface area contributed by atoms with Crippen LogP contribution in [-0.4, -0.2) is 18.8 Å². The van der Waals surface area contributed by atoms with Crippen LogP contribution in [0, 0.1) is 5.41 Å². The first-order valence-corrected chi connectivity index (χ1v) is 2.56. The van der Waals surface area contributed by atoms with Gasteiger partial charge in [-0.05, 0) is 0 Å². The van der Waals surface area contributed by atoms with E-state index in [-0.39, 0.29) is 19.0 Å². The average Bonchev–Trinajstić information content (AvgIpc) is 1.85. The molecule has 3 nitrogen and oxygen atoms in total. The van der Waals surface area contributed by atoms with E-state index in [4.69, 9.17) is 5.41 Å². The SMILES string of the molecule is C=CCOC(=O)CC=N. The molecule has 0 rings (SSSR count). The molecule has 0 bridgehead atoms. The van der Waals surface area contributed by atoms with E-state index >= 15 is 0 Å². The number of hydrogen-bond donors (Lipinski definition) is 1. The number of ether oxygens (including phenoxy) is 1. The molecular weight excluding hydrogens is 118 g/mol. The Hall–Kier alpha value is -1.12. The van der Waals surface area contributed by atoms with Crippen molar-refractivity contribution in [1.29, 1.82) is 5.41 Å². The normalized spacial score (nSPS) is 8.00. The lowest BCUT2D eigenvalue weighted by atomic mass is 10.5. The van der Waals surface area contributed by atoms with Gasteiger partial charge in [-0.2, -0.15) is 0 Å². The monoisotopic (exact) mass is 127 g/mol. The van der Waals surface area contributed by atoms with Crippen molar-refractivity contribution in [3.8, 4) is 0 Å². The van der Waals surface area contributed by atoms with Crippen molar-refractivity contribution in [3.05, 3.63) is 12.7 Å². The number of carbonyl (C=O) groups is 1. The maximum atomic E-state index is 10.4. The zero-order valence-electron chi connectivity index (χ0n) is 5.09. The quantitative estimate of drug-likeness (QED) is 0.344. The van der Waals surface area contributed by atoms with Gasteiger partial charge in [0.05, 0.1) is 6.42 Å². The molecular formula is C6H9NO2. The third-order valence-electron chi connectivity index (χ3n) is 0.631. The van der Waals surface area contributed by atoms with Crippen molar-refractivity contribution in [2.24, 2.45) is 0 Å². The van der Waals surface area contributed by atoms with E-state index in [1.807, 2.05) is 0 Å². The van der Waals surface area contributed by atoms with Crippen LogP contribution >= 0.6 is 0 Å². The zero-order valence-corrected chi connectivity index (χ0v) is 5.09. The first kappa shape index (κ1) is 7.88. The Morgan fingerprint density at radius 1 is 1.78 bits per heavy atom. The molecule has 0 aromatic rings. The molecule has 0 aromatic carbocycles. The van der Waals surface area contributed by atoms with Crippen LogP contribution in [-0.2, 0) is 9.53 Å². The van der Waals surface area contributed by atoms with Crippen molar-refractivity contribution < 1.29 is 9.53 Å².